The highest BCUT2D eigenvalue weighted by molar-refractivity contribution is 7.22. The molecule has 3 rings (SSSR count). The molecule has 1 saturated heterocycles. The van der Waals surface area contributed by atoms with Gasteiger partial charge in [0.05, 0.1) is 16.1 Å². The van der Waals surface area contributed by atoms with Crippen LogP contribution in [0.25, 0.3) is 10.2 Å². The van der Waals surface area contributed by atoms with Gasteiger partial charge in [-0.05, 0) is 43.9 Å². The molecule has 11 heteroatoms. The van der Waals surface area contributed by atoms with Gasteiger partial charge in [0.25, 0.3) is 5.91 Å². The minimum Gasteiger partial charge on any atom is -0.299 e. The molecule has 2 heterocycles. The summed E-state index contributed by atoms with van der Waals surface area (Å²) in [6, 6.07) is 4.70. The highest BCUT2D eigenvalue weighted by Gasteiger charge is 2.40. The zero-order chi connectivity index (χ0) is 24.3. The number of hydrogen-bond acceptors (Lipinski definition) is 8. The predicted octanol–water partition coefficient (Wildman–Crippen LogP) is 2.11. The molecule has 5 amide bonds. The molecular weight excluding hydrogens is 448 g/mol. The molecule has 174 valence electrons. The molecule has 0 unspecified atom stereocenters. The van der Waals surface area contributed by atoms with Crippen molar-refractivity contribution in [1.82, 2.24) is 15.6 Å². The smallest absolute Gasteiger partial charge is 0.299 e. The number of amides is 5. The minimum atomic E-state index is -1.23. The van der Waals surface area contributed by atoms with Crippen LogP contribution in [0.3, 0.4) is 0 Å². The SMILES string of the molecule is CC[C@@H](CC1C(=O)NC(=O)NC1=O)C(=O)[C@H](CC)C(=O)C(=O)Nc1nc2ccc(C)cc2s1. The van der Waals surface area contributed by atoms with E-state index in [9.17, 15) is 28.8 Å². The fraction of sp³-hybridized carbons (Fsp3) is 0.409. The Morgan fingerprint density at radius 3 is 2.36 bits per heavy atom. The Kier molecular flexibility index (Phi) is 7.32. The maximum Gasteiger partial charge on any atom is 0.328 e. The lowest BCUT2D eigenvalue weighted by Gasteiger charge is -2.25. The summed E-state index contributed by atoms with van der Waals surface area (Å²) < 4.78 is 0.856. The summed E-state index contributed by atoms with van der Waals surface area (Å²) in [6.07, 6.45) is 0.178. The van der Waals surface area contributed by atoms with Gasteiger partial charge in [-0.1, -0.05) is 31.3 Å². The first-order chi connectivity index (χ1) is 15.6. The van der Waals surface area contributed by atoms with Gasteiger partial charge in [-0.3, -0.25) is 39.9 Å². The molecule has 2 atom stereocenters. The number of barbiturate groups is 1. The molecule has 1 aromatic carbocycles. The van der Waals surface area contributed by atoms with Crippen molar-refractivity contribution in [2.24, 2.45) is 17.8 Å². The number of aryl methyl sites for hydroxylation is 1. The second-order valence-electron chi connectivity index (χ2n) is 7.87. The lowest BCUT2D eigenvalue weighted by Crippen LogP contribution is -2.56. The normalized spacial score (nSPS) is 16.2. The summed E-state index contributed by atoms with van der Waals surface area (Å²) in [5, 5.41) is 6.72. The van der Waals surface area contributed by atoms with Gasteiger partial charge in [0.1, 0.15) is 11.7 Å². The minimum absolute atomic E-state index is 0.0855. The number of carbonyl (C=O) groups excluding carboxylic acids is 6. The number of hydrogen-bond donors (Lipinski definition) is 3. The third-order valence-corrected chi connectivity index (χ3v) is 6.51. The molecule has 0 spiro atoms. The van der Waals surface area contributed by atoms with Crippen LogP contribution in [0.1, 0.15) is 38.7 Å². The van der Waals surface area contributed by atoms with Gasteiger partial charge in [-0.25, -0.2) is 9.78 Å². The standard InChI is InChI=1S/C22H24N4O6S/c1-4-11(9-13-18(29)24-21(32)25-19(13)30)16(27)12(5-2)17(28)20(31)26-22-23-14-7-6-10(3)8-15(14)33-22/h6-8,11-13H,4-5,9H2,1-3H3,(H,23,26,31)(H2,24,25,29,30,32)/t11-,12-/m0/s1. The summed E-state index contributed by atoms with van der Waals surface area (Å²) in [5.41, 5.74) is 1.72. The van der Waals surface area contributed by atoms with Crippen LogP contribution >= 0.6 is 11.3 Å². The van der Waals surface area contributed by atoms with Crippen LogP contribution < -0.4 is 16.0 Å². The average molecular weight is 473 g/mol. The highest BCUT2D eigenvalue weighted by atomic mass is 32.1. The van der Waals surface area contributed by atoms with Crippen molar-refractivity contribution in [3.8, 4) is 0 Å². The fourth-order valence-electron chi connectivity index (χ4n) is 3.73. The first-order valence-corrected chi connectivity index (χ1v) is 11.4. The van der Waals surface area contributed by atoms with E-state index in [1.807, 2.05) is 35.8 Å². The second kappa shape index (κ2) is 9.99. The Balaban J connectivity index is 1.70. The van der Waals surface area contributed by atoms with Gasteiger partial charge < -0.3 is 0 Å². The number of imide groups is 2. The number of aromatic nitrogens is 1. The van der Waals surface area contributed by atoms with Crippen LogP contribution in [-0.4, -0.2) is 40.3 Å². The number of nitrogens with one attached hydrogen (secondary N) is 3. The number of thiazole rings is 1. The summed E-state index contributed by atoms with van der Waals surface area (Å²) in [5.74, 6) is -7.21. The lowest BCUT2D eigenvalue weighted by molar-refractivity contribution is -0.143. The molecular formula is C22H24N4O6S. The monoisotopic (exact) mass is 472 g/mol. The number of nitrogens with zero attached hydrogens (tertiary/aromatic N) is 1. The Labute approximate surface area is 193 Å². The number of carbonyl (C=O) groups is 6. The first kappa shape index (κ1) is 24.2. The van der Waals surface area contributed by atoms with Crippen molar-refractivity contribution in [3.05, 3.63) is 23.8 Å². The topological polar surface area (TPSA) is 151 Å². The molecule has 1 aliphatic rings. The van der Waals surface area contributed by atoms with Crippen LogP contribution in [0.2, 0.25) is 0 Å². The largest absolute Gasteiger partial charge is 0.328 e. The fourth-order valence-corrected chi connectivity index (χ4v) is 4.69. The third kappa shape index (κ3) is 5.30. The highest BCUT2D eigenvalue weighted by Crippen LogP contribution is 2.28. The Morgan fingerprint density at radius 2 is 1.76 bits per heavy atom. The van der Waals surface area contributed by atoms with Gasteiger partial charge in [0.15, 0.2) is 5.13 Å². The van der Waals surface area contributed by atoms with E-state index in [4.69, 9.17) is 0 Å². The van der Waals surface area contributed by atoms with Crippen molar-refractivity contribution < 1.29 is 28.8 Å². The maximum absolute atomic E-state index is 13.1. The van der Waals surface area contributed by atoms with Gasteiger partial charge in [-0.15, -0.1) is 0 Å². The van der Waals surface area contributed by atoms with Gasteiger partial charge in [0, 0.05) is 5.92 Å². The summed E-state index contributed by atoms with van der Waals surface area (Å²) >= 11 is 1.22. The van der Waals surface area contributed by atoms with Crippen molar-refractivity contribution in [1.29, 1.82) is 0 Å². The molecule has 0 saturated carbocycles. The van der Waals surface area contributed by atoms with Crippen molar-refractivity contribution in [3.63, 3.8) is 0 Å². The number of Topliss-reactive ketones (excluding diaryl/α,β-unsaturated/α-hetero) is 2. The van der Waals surface area contributed by atoms with Crippen LogP contribution in [0, 0.1) is 24.7 Å². The number of ketones is 2. The molecule has 2 aromatic rings. The molecule has 33 heavy (non-hydrogen) atoms. The molecule has 0 bridgehead atoms. The molecule has 0 aliphatic carbocycles. The van der Waals surface area contributed by atoms with Crippen LogP contribution in [-0.2, 0) is 24.0 Å². The Hall–Kier alpha value is -3.47. The van der Waals surface area contributed by atoms with E-state index in [1.54, 1.807) is 13.8 Å². The zero-order valence-corrected chi connectivity index (χ0v) is 19.2. The molecule has 10 nitrogen and oxygen atoms in total. The average Bonchev–Trinajstić information content (AvgIpc) is 3.14. The van der Waals surface area contributed by atoms with Gasteiger partial charge >= 0.3 is 6.03 Å². The third-order valence-electron chi connectivity index (χ3n) is 5.58. The van der Waals surface area contributed by atoms with E-state index in [0.717, 1.165) is 10.3 Å². The molecule has 1 fully saturated rings. The molecule has 1 aromatic heterocycles. The van der Waals surface area contributed by atoms with Crippen molar-refractivity contribution in [2.45, 2.75) is 40.0 Å². The lowest BCUT2D eigenvalue weighted by atomic mass is 9.80. The zero-order valence-electron chi connectivity index (χ0n) is 18.4. The van der Waals surface area contributed by atoms with E-state index >= 15 is 0 Å². The number of rotatable bonds is 9. The Bertz CT molecular complexity index is 1140. The number of fused-ring (bicyclic) bond motifs is 1. The van der Waals surface area contributed by atoms with Crippen LogP contribution in [0.4, 0.5) is 9.93 Å². The van der Waals surface area contributed by atoms with E-state index < -0.39 is 53.1 Å². The van der Waals surface area contributed by atoms with Gasteiger partial charge in [0.2, 0.25) is 17.6 Å². The first-order valence-electron chi connectivity index (χ1n) is 10.6. The molecule has 3 N–H and O–H groups in total. The van der Waals surface area contributed by atoms with E-state index in [0.29, 0.717) is 5.52 Å². The van der Waals surface area contributed by atoms with E-state index in [1.165, 1.54) is 11.3 Å². The Morgan fingerprint density at radius 1 is 1.09 bits per heavy atom. The number of benzene rings is 1. The summed E-state index contributed by atoms with van der Waals surface area (Å²) in [6.45, 7) is 5.23. The quantitative estimate of drug-likeness (QED) is 0.373. The number of urea groups is 1. The van der Waals surface area contributed by atoms with Gasteiger partial charge in [-0.2, -0.15) is 0 Å². The maximum atomic E-state index is 13.1. The van der Waals surface area contributed by atoms with Crippen LogP contribution in [0.15, 0.2) is 18.2 Å². The number of anilines is 1. The second-order valence-corrected chi connectivity index (χ2v) is 8.90. The molecule has 1 aliphatic heterocycles. The van der Waals surface area contributed by atoms with Crippen LogP contribution in [0.5, 0.6) is 0 Å². The summed E-state index contributed by atoms with van der Waals surface area (Å²) in [4.78, 5) is 78.1. The van der Waals surface area contributed by atoms with Crippen molar-refractivity contribution >= 4 is 62.0 Å². The van der Waals surface area contributed by atoms with E-state index in [-0.39, 0.29) is 24.4 Å². The molecule has 0 radical (unpaired) electrons. The predicted molar refractivity (Wildman–Crippen MR) is 120 cm³/mol. The summed E-state index contributed by atoms with van der Waals surface area (Å²) in [7, 11) is 0. The van der Waals surface area contributed by atoms with Crippen molar-refractivity contribution in [2.75, 3.05) is 5.32 Å². The van der Waals surface area contributed by atoms with E-state index in [2.05, 4.69) is 10.3 Å².